The molecule has 0 bridgehead atoms. The molecule has 6 nitrogen and oxygen atoms in total. The van der Waals surface area contributed by atoms with E-state index in [0.29, 0.717) is 25.9 Å². The summed E-state index contributed by atoms with van der Waals surface area (Å²) in [6.07, 6.45) is -2.87. The van der Waals surface area contributed by atoms with Crippen molar-refractivity contribution in [2.75, 3.05) is 29.9 Å². The van der Waals surface area contributed by atoms with Crippen molar-refractivity contribution in [3.8, 4) is 0 Å². The van der Waals surface area contributed by atoms with Crippen molar-refractivity contribution in [2.45, 2.75) is 37.9 Å². The predicted octanol–water partition coefficient (Wildman–Crippen LogP) is 2.13. The van der Waals surface area contributed by atoms with Gasteiger partial charge in [0.25, 0.3) is 0 Å². The molecule has 27 heavy (non-hydrogen) atoms. The molecular formula is C18H22F3N3O3. The Morgan fingerprint density at radius 1 is 1.19 bits per heavy atom. The maximum absolute atomic E-state index is 13.6. The van der Waals surface area contributed by atoms with Crippen molar-refractivity contribution in [1.82, 2.24) is 5.32 Å². The topological polar surface area (TPSA) is 81.7 Å². The van der Waals surface area contributed by atoms with E-state index in [9.17, 15) is 27.9 Å². The fourth-order valence-corrected chi connectivity index (χ4v) is 3.52. The Kier molecular flexibility index (Phi) is 5.59. The molecule has 0 aliphatic carbocycles. The number of piperidine rings is 2. The highest BCUT2D eigenvalue weighted by Gasteiger charge is 2.36. The number of hydrogen-bond donors (Lipinski definition) is 3. The molecule has 0 radical (unpaired) electrons. The van der Waals surface area contributed by atoms with Crippen molar-refractivity contribution in [2.24, 2.45) is 5.92 Å². The van der Waals surface area contributed by atoms with Gasteiger partial charge in [-0.05, 0) is 43.4 Å². The minimum Gasteiger partial charge on any atom is -0.396 e. The van der Waals surface area contributed by atoms with Crippen molar-refractivity contribution >= 4 is 23.2 Å². The molecular weight excluding hydrogens is 363 g/mol. The molecule has 1 unspecified atom stereocenters. The summed E-state index contributed by atoms with van der Waals surface area (Å²) in [7, 11) is 0. The molecule has 0 spiro atoms. The van der Waals surface area contributed by atoms with Gasteiger partial charge in [0, 0.05) is 37.5 Å². The van der Waals surface area contributed by atoms with E-state index in [1.807, 2.05) is 0 Å². The van der Waals surface area contributed by atoms with E-state index < -0.39 is 23.7 Å². The second-order valence-corrected chi connectivity index (χ2v) is 6.99. The summed E-state index contributed by atoms with van der Waals surface area (Å²) in [5.41, 5.74) is -0.472. The zero-order valence-electron chi connectivity index (χ0n) is 14.7. The van der Waals surface area contributed by atoms with E-state index in [2.05, 4.69) is 10.6 Å². The number of hydrogen-bond acceptors (Lipinski definition) is 5. The molecule has 2 aliphatic heterocycles. The van der Waals surface area contributed by atoms with Gasteiger partial charge in [-0.1, -0.05) is 0 Å². The number of aliphatic hydroxyl groups is 1. The number of rotatable bonds is 4. The van der Waals surface area contributed by atoms with Crippen molar-refractivity contribution in [3.05, 3.63) is 23.8 Å². The molecule has 9 heteroatoms. The Morgan fingerprint density at radius 2 is 1.89 bits per heavy atom. The first-order valence-corrected chi connectivity index (χ1v) is 8.95. The van der Waals surface area contributed by atoms with Crippen molar-refractivity contribution < 1.29 is 27.9 Å². The minimum absolute atomic E-state index is 0.0504. The van der Waals surface area contributed by atoms with Crippen molar-refractivity contribution in [3.63, 3.8) is 0 Å². The van der Waals surface area contributed by atoms with Crippen LogP contribution in [0.5, 0.6) is 0 Å². The SMILES string of the molecule is O=C1CCC(Nc2ccc(N3CCC(CO)CC3)c(C(F)(F)F)c2)C(=O)N1. The van der Waals surface area contributed by atoms with E-state index in [1.54, 1.807) is 4.90 Å². The lowest BCUT2D eigenvalue weighted by Gasteiger charge is -2.34. The van der Waals surface area contributed by atoms with Crippen LogP contribution in [0.4, 0.5) is 24.5 Å². The average molecular weight is 385 g/mol. The molecule has 0 aromatic heterocycles. The van der Waals surface area contributed by atoms with Crippen LogP contribution in [0, 0.1) is 5.92 Å². The molecule has 2 fully saturated rings. The van der Waals surface area contributed by atoms with Gasteiger partial charge in [-0.3, -0.25) is 14.9 Å². The Morgan fingerprint density at radius 3 is 2.48 bits per heavy atom. The summed E-state index contributed by atoms with van der Waals surface area (Å²) < 4.78 is 40.8. The van der Waals surface area contributed by atoms with Crippen LogP contribution in [0.3, 0.4) is 0 Å². The minimum atomic E-state index is -4.54. The van der Waals surface area contributed by atoms with E-state index in [1.165, 1.54) is 12.1 Å². The number of alkyl halides is 3. The molecule has 3 N–H and O–H groups in total. The monoisotopic (exact) mass is 385 g/mol. The van der Waals surface area contributed by atoms with Gasteiger partial charge in [0.05, 0.1) is 5.56 Å². The van der Waals surface area contributed by atoms with Gasteiger partial charge in [0.2, 0.25) is 11.8 Å². The number of aliphatic hydroxyl groups excluding tert-OH is 1. The molecule has 2 saturated heterocycles. The van der Waals surface area contributed by atoms with Crippen LogP contribution < -0.4 is 15.5 Å². The molecule has 2 amide bonds. The lowest BCUT2D eigenvalue weighted by molar-refractivity contribution is -0.137. The van der Waals surface area contributed by atoms with Gasteiger partial charge in [-0.25, -0.2) is 0 Å². The zero-order valence-corrected chi connectivity index (χ0v) is 14.7. The normalized spacial score (nSPS) is 21.9. The number of nitrogens with one attached hydrogen (secondary N) is 2. The van der Waals surface area contributed by atoms with Gasteiger partial charge < -0.3 is 15.3 Å². The standard InChI is InChI=1S/C18H22F3N3O3/c19-18(20,21)13-9-12(22-14-2-4-16(26)23-17(14)27)1-3-15(13)24-7-5-11(10-25)6-8-24/h1,3,9,11,14,22,25H,2,4-8,10H2,(H,23,26,27). The van der Waals surface area contributed by atoms with Crippen LogP contribution >= 0.6 is 0 Å². The Labute approximate surface area is 154 Å². The molecule has 3 rings (SSSR count). The van der Waals surface area contributed by atoms with Crippen LogP contribution in [0.1, 0.15) is 31.2 Å². The third-order valence-corrected chi connectivity index (χ3v) is 5.10. The average Bonchev–Trinajstić information content (AvgIpc) is 2.63. The molecule has 1 aromatic carbocycles. The molecule has 148 valence electrons. The number of carbonyl (C=O) groups is 2. The van der Waals surface area contributed by atoms with Crippen LogP contribution in [-0.4, -0.2) is 42.7 Å². The first-order valence-electron chi connectivity index (χ1n) is 8.95. The predicted molar refractivity (Wildman–Crippen MR) is 93.3 cm³/mol. The fourth-order valence-electron chi connectivity index (χ4n) is 3.52. The molecule has 1 aromatic rings. The number of carbonyl (C=O) groups excluding carboxylic acids is 2. The van der Waals surface area contributed by atoms with E-state index >= 15 is 0 Å². The van der Waals surface area contributed by atoms with Gasteiger partial charge in [0.1, 0.15) is 6.04 Å². The summed E-state index contributed by atoms with van der Waals surface area (Å²) in [5.74, 6) is -0.783. The number of amides is 2. The van der Waals surface area contributed by atoms with E-state index in [0.717, 1.165) is 6.07 Å². The first-order chi connectivity index (χ1) is 12.8. The van der Waals surface area contributed by atoms with Gasteiger partial charge in [-0.15, -0.1) is 0 Å². The Bertz CT molecular complexity index is 716. The Hall–Kier alpha value is -2.29. The van der Waals surface area contributed by atoms with Crippen LogP contribution in [0.25, 0.3) is 0 Å². The van der Waals surface area contributed by atoms with Gasteiger partial charge >= 0.3 is 6.18 Å². The quantitative estimate of drug-likeness (QED) is 0.692. The van der Waals surface area contributed by atoms with Gasteiger partial charge in [-0.2, -0.15) is 13.2 Å². The largest absolute Gasteiger partial charge is 0.418 e. The molecule has 0 saturated carbocycles. The number of benzene rings is 1. The molecule has 1 atom stereocenters. The van der Waals surface area contributed by atoms with Crippen molar-refractivity contribution in [1.29, 1.82) is 0 Å². The third kappa shape index (κ3) is 4.52. The maximum atomic E-state index is 13.6. The highest BCUT2D eigenvalue weighted by molar-refractivity contribution is 6.01. The second-order valence-electron chi connectivity index (χ2n) is 6.99. The zero-order chi connectivity index (χ0) is 19.6. The van der Waals surface area contributed by atoms with Crippen LogP contribution in [0.15, 0.2) is 18.2 Å². The maximum Gasteiger partial charge on any atom is 0.418 e. The smallest absolute Gasteiger partial charge is 0.396 e. The summed E-state index contributed by atoms with van der Waals surface area (Å²) in [6.45, 7) is 0.956. The fraction of sp³-hybridized carbons (Fsp3) is 0.556. The summed E-state index contributed by atoms with van der Waals surface area (Å²) in [4.78, 5) is 24.7. The Balaban J connectivity index is 1.80. The number of imide groups is 1. The second kappa shape index (κ2) is 7.75. The molecule has 2 aliphatic rings. The first kappa shape index (κ1) is 19.5. The highest BCUT2D eigenvalue weighted by Crippen LogP contribution is 2.39. The lowest BCUT2D eigenvalue weighted by Crippen LogP contribution is -2.47. The number of anilines is 2. The summed E-state index contributed by atoms with van der Waals surface area (Å²) >= 11 is 0. The van der Waals surface area contributed by atoms with E-state index in [4.69, 9.17) is 0 Å². The highest BCUT2D eigenvalue weighted by atomic mass is 19.4. The van der Waals surface area contributed by atoms with Crippen LogP contribution in [-0.2, 0) is 15.8 Å². The third-order valence-electron chi connectivity index (χ3n) is 5.10. The number of halogens is 3. The summed E-state index contributed by atoms with van der Waals surface area (Å²) in [6, 6.07) is 3.20. The summed E-state index contributed by atoms with van der Waals surface area (Å²) in [5, 5.41) is 14.2. The lowest BCUT2D eigenvalue weighted by atomic mass is 9.96. The van der Waals surface area contributed by atoms with Gasteiger partial charge in [0.15, 0.2) is 0 Å². The number of nitrogens with zero attached hydrogens (tertiary/aromatic N) is 1. The van der Waals surface area contributed by atoms with E-state index in [-0.39, 0.29) is 42.6 Å². The van der Waals surface area contributed by atoms with Crippen LogP contribution in [0.2, 0.25) is 0 Å². The molecule has 2 heterocycles.